The first-order valence-corrected chi connectivity index (χ1v) is 13.2. The summed E-state index contributed by atoms with van der Waals surface area (Å²) in [5.74, 6) is -0.0650. The number of nitrogens with one attached hydrogen (secondary N) is 3. The number of ether oxygens (including phenoxy) is 1. The lowest BCUT2D eigenvalue weighted by molar-refractivity contribution is -0.120. The van der Waals surface area contributed by atoms with Gasteiger partial charge in [-0.15, -0.1) is 0 Å². The number of rotatable bonds is 13. The number of para-hydroxylation sites is 2. The Morgan fingerprint density at radius 2 is 1.32 bits per heavy atom. The van der Waals surface area contributed by atoms with Gasteiger partial charge < -0.3 is 15.4 Å². The zero-order chi connectivity index (χ0) is 27.2. The van der Waals surface area contributed by atoms with Gasteiger partial charge in [-0.2, -0.15) is 0 Å². The van der Waals surface area contributed by atoms with E-state index >= 15 is 0 Å². The van der Waals surface area contributed by atoms with E-state index in [9.17, 15) is 14.4 Å². The van der Waals surface area contributed by atoms with Gasteiger partial charge in [0.15, 0.2) is 0 Å². The molecule has 0 saturated heterocycles. The summed E-state index contributed by atoms with van der Waals surface area (Å²) in [7, 11) is 0. The standard InChI is InChI=1S/C31H37N3O4/c1-3-10-25(11-4-2)30(36)32-26-19-16-23(17-20-26)18-21-29(35)33-27-14-8-9-15-28(27)34-31(37)38-22-24-12-6-5-7-13-24/h5-9,12-17,19-20,25H,3-4,10-11,18,21-22H2,1-2H3,(H,32,36)(H,33,35)(H,34,37). The number of aryl methyl sites for hydroxylation is 1. The fourth-order valence-corrected chi connectivity index (χ4v) is 4.14. The fourth-order valence-electron chi connectivity index (χ4n) is 4.14. The van der Waals surface area contributed by atoms with Crippen LogP contribution in [0.2, 0.25) is 0 Å². The third-order valence-corrected chi connectivity index (χ3v) is 6.16. The predicted molar refractivity (Wildman–Crippen MR) is 152 cm³/mol. The SMILES string of the molecule is CCCC(CCC)C(=O)Nc1ccc(CCC(=O)Nc2ccccc2NC(=O)OCc2ccccc2)cc1. The number of hydrogen-bond acceptors (Lipinski definition) is 4. The molecule has 0 aromatic heterocycles. The van der Waals surface area contributed by atoms with Gasteiger partial charge in [0.2, 0.25) is 11.8 Å². The smallest absolute Gasteiger partial charge is 0.412 e. The molecule has 3 aromatic rings. The molecule has 0 spiro atoms. The van der Waals surface area contributed by atoms with Crippen LogP contribution in [0.15, 0.2) is 78.9 Å². The van der Waals surface area contributed by atoms with E-state index in [0.29, 0.717) is 17.8 Å². The van der Waals surface area contributed by atoms with E-state index in [1.54, 1.807) is 24.3 Å². The van der Waals surface area contributed by atoms with Crippen LogP contribution in [0.4, 0.5) is 21.9 Å². The third-order valence-electron chi connectivity index (χ3n) is 6.16. The van der Waals surface area contributed by atoms with Crippen LogP contribution in [-0.2, 0) is 27.4 Å². The van der Waals surface area contributed by atoms with E-state index < -0.39 is 6.09 Å². The second-order valence-corrected chi connectivity index (χ2v) is 9.24. The third kappa shape index (κ3) is 9.39. The second kappa shape index (κ2) is 15.2. The molecule has 7 nitrogen and oxygen atoms in total. The minimum Gasteiger partial charge on any atom is -0.444 e. The van der Waals surface area contributed by atoms with Crippen LogP contribution in [-0.4, -0.2) is 17.9 Å². The Hall–Kier alpha value is -4.13. The van der Waals surface area contributed by atoms with Gasteiger partial charge in [0.05, 0.1) is 11.4 Å². The lowest BCUT2D eigenvalue weighted by atomic mass is 9.97. The van der Waals surface area contributed by atoms with Crippen molar-refractivity contribution in [2.45, 2.75) is 59.0 Å². The van der Waals surface area contributed by atoms with Gasteiger partial charge in [0.25, 0.3) is 0 Å². The maximum Gasteiger partial charge on any atom is 0.412 e. The minimum absolute atomic E-state index is 0.0384. The highest BCUT2D eigenvalue weighted by Crippen LogP contribution is 2.22. The molecule has 0 fully saturated rings. The first kappa shape index (κ1) is 28.4. The monoisotopic (exact) mass is 515 g/mol. The summed E-state index contributed by atoms with van der Waals surface area (Å²) in [5.41, 5.74) is 3.61. The Morgan fingerprint density at radius 3 is 1.95 bits per heavy atom. The number of amides is 3. The van der Waals surface area contributed by atoms with Crippen molar-refractivity contribution in [1.82, 2.24) is 0 Å². The number of anilines is 3. The maximum absolute atomic E-state index is 12.6. The summed E-state index contributed by atoms with van der Waals surface area (Å²) < 4.78 is 5.28. The first-order chi connectivity index (χ1) is 18.5. The highest BCUT2D eigenvalue weighted by molar-refractivity contribution is 5.97. The molecule has 3 N–H and O–H groups in total. The molecule has 0 saturated carbocycles. The highest BCUT2D eigenvalue weighted by atomic mass is 16.5. The van der Waals surface area contributed by atoms with Gasteiger partial charge in [-0.1, -0.05) is 81.3 Å². The molecule has 200 valence electrons. The first-order valence-electron chi connectivity index (χ1n) is 13.2. The summed E-state index contributed by atoms with van der Waals surface area (Å²) in [6.07, 6.45) is 3.96. The zero-order valence-corrected chi connectivity index (χ0v) is 22.2. The van der Waals surface area contributed by atoms with E-state index in [4.69, 9.17) is 4.74 Å². The van der Waals surface area contributed by atoms with Gasteiger partial charge in [-0.3, -0.25) is 14.9 Å². The quantitative estimate of drug-likeness (QED) is 0.225. The van der Waals surface area contributed by atoms with Gasteiger partial charge in [0, 0.05) is 18.0 Å². The summed E-state index contributed by atoms with van der Waals surface area (Å²) >= 11 is 0. The Morgan fingerprint density at radius 1 is 0.711 bits per heavy atom. The molecule has 0 aliphatic heterocycles. The predicted octanol–water partition coefficient (Wildman–Crippen LogP) is 7.16. The lowest BCUT2D eigenvalue weighted by Gasteiger charge is -2.15. The van der Waals surface area contributed by atoms with Crippen LogP contribution in [0.3, 0.4) is 0 Å². The zero-order valence-electron chi connectivity index (χ0n) is 22.2. The molecule has 0 radical (unpaired) electrons. The summed E-state index contributed by atoms with van der Waals surface area (Å²) in [6.45, 7) is 4.34. The van der Waals surface area contributed by atoms with Crippen molar-refractivity contribution < 1.29 is 19.1 Å². The number of hydrogen-bond donors (Lipinski definition) is 3. The van der Waals surface area contributed by atoms with Crippen LogP contribution >= 0.6 is 0 Å². The van der Waals surface area contributed by atoms with Crippen molar-refractivity contribution in [3.05, 3.63) is 90.0 Å². The van der Waals surface area contributed by atoms with E-state index in [0.717, 1.165) is 42.5 Å². The van der Waals surface area contributed by atoms with Crippen molar-refractivity contribution in [3.63, 3.8) is 0 Å². The van der Waals surface area contributed by atoms with Crippen LogP contribution in [0.25, 0.3) is 0 Å². The Kier molecular flexibility index (Phi) is 11.4. The average molecular weight is 516 g/mol. The van der Waals surface area contributed by atoms with Gasteiger partial charge in [-0.05, 0) is 54.7 Å². The largest absolute Gasteiger partial charge is 0.444 e. The summed E-state index contributed by atoms with van der Waals surface area (Å²) in [4.78, 5) is 37.5. The Bertz CT molecular complexity index is 1170. The van der Waals surface area contributed by atoms with Crippen molar-refractivity contribution in [2.75, 3.05) is 16.0 Å². The second-order valence-electron chi connectivity index (χ2n) is 9.24. The molecular formula is C31H37N3O4. The molecule has 0 unspecified atom stereocenters. The van der Waals surface area contributed by atoms with Crippen LogP contribution < -0.4 is 16.0 Å². The Labute approximate surface area is 225 Å². The molecule has 3 aromatic carbocycles. The molecule has 38 heavy (non-hydrogen) atoms. The average Bonchev–Trinajstić information content (AvgIpc) is 2.93. The van der Waals surface area contributed by atoms with Gasteiger partial charge in [0.1, 0.15) is 6.61 Å². The number of benzene rings is 3. The maximum atomic E-state index is 12.6. The number of carbonyl (C=O) groups is 3. The van der Waals surface area contributed by atoms with E-state index in [1.807, 2.05) is 54.6 Å². The van der Waals surface area contributed by atoms with Crippen LogP contribution in [0.1, 0.15) is 57.1 Å². The van der Waals surface area contributed by atoms with Gasteiger partial charge >= 0.3 is 6.09 Å². The molecule has 0 atom stereocenters. The molecule has 0 heterocycles. The van der Waals surface area contributed by atoms with Crippen molar-refractivity contribution in [3.8, 4) is 0 Å². The Balaban J connectivity index is 1.48. The molecule has 7 heteroatoms. The van der Waals surface area contributed by atoms with Crippen molar-refractivity contribution >= 4 is 35.0 Å². The normalized spacial score (nSPS) is 10.6. The van der Waals surface area contributed by atoms with E-state index in [1.165, 1.54) is 0 Å². The molecule has 3 rings (SSSR count). The number of carbonyl (C=O) groups excluding carboxylic acids is 3. The van der Waals surface area contributed by atoms with Crippen LogP contribution in [0.5, 0.6) is 0 Å². The van der Waals surface area contributed by atoms with Crippen molar-refractivity contribution in [1.29, 1.82) is 0 Å². The molecule has 3 amide bonds. The molecular weight excluding hydrogens is 478 g/mol. The molecule has 0 aliphatic carbocycles. The van der Waals surface area contributed by atoms with Crippen LogP contribution in [0, 0.1) is 5.92 Å². The fraction of sp³-hybridized carbons (Fsp3) is 0.323. The summed E-state index contributed by atoms with van der Waals surface area (Å²) in [5, 5.41) is 8.58. The van der Waals surface area contributed by atoms with Crippen molar-refractivity contribution in [2.24, 2.45) is 5.92 Å². The summed E-state index contributed by atoms with van der Waals surface area (Å²) in [6, 6.07) is 24.0. The van der Waals surface area contributed by atoms with E-state index in [-0.39, 0.29) is 30.8 Å². The minimum atomic E-state index is -0.599. The highest BCUT2D eigenvalue weighted by Gasteiger charge is 2.16. The van der Waals surface area contributed by atoms with E-state index in [2.05, 4.69) is 29.8 Å². The van der Waals surface area contributed by atoms with Gasteiger partial charge in [-0.25, -0.2) is 4.79 Å². The molecule has 0 bridgehead atoms. The topological polar surface area (TPSA) is 96.5 Å². The lowest BCUT2D eigenvalue weighted by Crippen LogP contribution is -2.22. The molecule has 0 aliphatic rings.